The number of hydrogen-bond acceptors (Lipinski definition) is 4. The molecule has 2 aliphatic rings. The Balaban J connectivity index is 1.42. The number of amides is 1. The first kappa shape index (κ1) is 18.8. The van der Waals surface area contributed by atoms with E-state index < -0.39 is 0 Å². The molecular weight excluding hydrogens is 368 g/mol. The zero-order chi connectivity index (χ0) is 19.2. The molecule has 0 aliphatic carbocycles. The average Bonchev–Trinajstić information content (AvgIpc) is 2.93. The molecule has 0 radical (unpaired) electrons. The highest BCUT2D eigenvalue weighted by atomic mass is 32.2. The molecule has 1 amide bonds. The largest absolute Gasteiger partial charge is 0.489 e. The van der Waals surface area contributed by atoms with Crippen LogP contribution in [-0.4, -0.2) is 29.1 Å². The Bertz CT molecular complexity index is 884. The Hall–Kier alpha value is -2.53. The number of carbonyl (C=O) groups is 1. The summed E-state index contributed by atoms with van der Waals surface area (Å²) in [6.45, 7) is 2.52. The molecule has 2 aromatic carbocycles. The van der Waals surface area contributed by atoms with Crippen LogP contribution in [0.3, 0.4) is 0 Å². The van der Waals surface area contributed by atoms with Crippen molar-refractivity contribution in [3.8, 4) is 5.75 Å². The van der Waals surface area contributed by atoms with Crippen LogP contribution in [0, 0.1) is 0 Å². The third-order valence-corrected chi connectivity index (χ3v) is 5.93. The van der Waals surface area contributed by atoms with Gasteiger partial charge in [-0.25, -0.2) is 0 Å². The smallest absolute Gasteiger partial charge is 0.286 e. The van der Waals surface area contributed by atoms with E-state index in [1.165, 1.54) is 37.4 Å². The van der Waals surface area contributed by atoms with E-state index in [1.807, 2.05) is 60.7 Å². The molecule has 1 saturated heterocycles. The fourth-order valence-corrected chi connectivity index (χ4v) is 4.35. The lowest BCUT2D eigenvalue weighted by molar-refractivity contribution is -0.113. The van der Waals surface area contributed by atoms with E-state index in [0.29, 0.717) is 11.5 Å². The summed E-state index contributed by atoms with van der Waals surface area (Å²) in [5, 5.41) is 0.856. The van der Waals surface area contributed by atoms with Gasteiger partial charge in [-0.05, 0) is 53.9 Å². The quantitative estimate of drug-likeness (QED) is 0.678. The van der Waals surface area contributed by atoms with E-state index in [2.05, 4.69) is 9.89 Å². The third-order valence-electron chi connectivity index (χ3n) is 4.89. The maximum absolute atomic E-state index is 12.4. The minimum atomic E-state index is -0.139. The van der Waals surface area contributed by atoms with Crippen LogP contribution in [0.4, 0.5) is 0 Å². The lowest BCUT2D eigenvalue weighted by Gasteiger charge is -2.20. The predicted octanol–water partition coefficient (Wildman–Crippen LogP) is 5.11. The first-order valence-corrected chi connectivity index (χ1v) is 10.6. The molecule has 0 aromatic heterocycles. The van der Waals surface area contributed by atoms with E-state index in [-0.39, 0.29) is 5.91 Å². The molecular formula is C23H24N2O2S. The number of carbonyl (C=O) groups excluding carboxylic acids is 1. The Kier molecular flexibility index (Phi) is 6.12. The molecule has 2 aromatic rings. The van der Waals surface area contributed by atoms with Crippen molar-refractivity contribution in [2.75, 3.05) is 13.1 Å². The van der Waals surface area contributed by atoms with Gasteiger partial charge in [0.25, 0.3) is 5.91 Å². The number of benzene rings is 2. The highest BCUT2D eigenvalue weighted by Gasteiger charge is 2.26. The molecule has 1 fully saturated rings. The summed E-state index contributed by atoms with van der Waals surface area (Å²) >= 11 is 1.49. The summed E-state index contributed by atoms with van der Waals surface area (Å²) in [6.07, 6.45) is 6.79. The minimum Gasteiger partial charge on any atom is -0.489 e. The molecule has 0 atom stereocenters. The Labute approximate surface area is 170 Å². The fourth-order valence-electron chi connectivity index (χ4n) is 3.38. The van der Waals surface area contributed by atoms with E-state index in [9.17, 15) is 4.79 Å². The molecule has 0 spiro atoms. The summed E-state index contributed by atoms with van der Waals surface area (Å²) in [7, 11) is 0. The van der Waals surface area contributed by atoms with Crippen LogP contribution in [-0.2, 0) is 11.4 Å². The monoisotopic (exact) mass is 392 g/mol. The zero-order valence-electron chi connectivity index (χ0n) is 15.8. The lowest BCUT2D eigenvalue weighted by atomic mass is 10.2. The van der Waals surface area contributed by atoms with Crippen LogP contribution < -0.4 is 4.74 Å². The third kappa shape index (κ3) is 4.84. The van der Waals surface area contributed by atoms with E-state index in [0.717, 1.165) is 35.1 Å². The maximum atomic E-state index is 12.4. The topological polar surface area (TPSA) is 41.9 Å². The molecule has 28 heavy (non-hydrogen) atoms. The van der Waals surface area contributed by atoms with Gasteiger partial charge in [-0.1, -0.05) is 55.3 Å². The van der Waals surface area contributed by atoms with Crippen molar-refractivity contribution in [3.63, 3.8) is 0 Å². The number of ether oxygens (including phenoxy) is 1. The summed E-state index contributed by atoms with van der Waals surface area (Å²) in [6, 6.07) is 17.9. The van der Waals surface area contributed by atoms with Gasteiger partial charge < -0.3 is 9.64 Å². The highest BCUT2D eigenvalue weighted by Crippen LogP contribution is 2.31. The fraction of sp³-hybridized carbons (Fsp3) is 0.304. The molecule has 0 saturated carbocycles. The first-order chi connectivity index (χ1) is 13.8. The molecule has 5 heteroatoms. The molecule has 144 valence electrons. The summed E-state index contributed by atoms with van der Waals surface area (Å²) < 4.78 is 5.90. The molecule has 4 nitrogen and oxygen atoms in total. The van der Waals surface area contributed by atoms with Crippen molar-refractivity contribution < 1.29 is 9.53 Å². The van der Waals surface area contributed by atoms with Crippen LogP contribution in [0.2, 0.25) is 0 Å². The van der Waals surface area contributed by atoms with Gasteiger partial charge in [0, 0.05) is 13.1 Å². The van der Waals surface area contributed by atoms with Crippen molar-refractivity contribution in [1.29, 1.82) is 0 Å². The van der Waals surface area contributed by atoms with Crippen molar-refractivity contribution in [3.05, 3.63) is 70.6 Å². The number of rotatable bonds is 4. The predicted molar refractivity (Wildman–Crippen MR) is 115 cm³/mol. The number of amidine groups is 1. The van der Waals surface area contributed by atoms with Crippen LogP contribution in [0.1, 0.15) is 36.8 Å². The molecule has 4 rings (SSSR count). The Morgan fingerprint density at radius 2 is 1.79 bits per heavy atom. The van der Waals surface area contributed by atoms with Crippen molar-refractivity contribution in [2.24, 2.45) is 4.99 Å². The molecule has 2 heterocycles. The second-order valence-electron chi connectivity index (χ2n) is 7.06. The van der Waals surface area contributed by atoms with Crippen molar-refractivity contribution in [1.82, 2.24) is 4.90 Å². The van der Waals surface area contributed by atoms with E-state index in [4.69, 9.17) is 4.74 Å². The SMILES string of the molecule is O=C1N=C(N2CCCCCC2)S/C1=C\c1cccc(OCc2ccccc2)c1. The maximum Gasteiger partial charge on any atom is 0.286 e. The van der Waals surface area contributed by atoms with Crippen LogP contribution >= 0.6 is 11.8 Å². The van der Waals surface area contributed by atoms with Crippen LogP contribution in [0.15, 0.2) is 64.5 Å². The minimum absolute atomic E-state index is 0.139. The second-order valence-corrected chi connectivity index (χ2v) is 8.07. The number of likely N-dealkylation sites (tertiary alicyclic amines) is 1. The Morgan fingerprint density at radius 3 is 2.57 bits per heavy atom. The van der Waals surface area contributed by atoms with Gasteiger partial charge in [0.15, 0.2) is 5.17 Å². The normalized spacial score (nSPS) is 18.9. The summed E-state index contributed by atoms with van der Waals surface area (Å²) in [4.78, 5) is 19.6. The second kappa shape index (κ2) is 9.11. The first-order valence-electron chi connectivity index (χ1n) is 9.82. The van der Waals surface area contributed by atoms with Gasteiger partial charge >= 0.3 is 0 Å². The number of hydrogen-bond donors (Lipinski definition) is 0. The molecule has 0 unspecified atom stereocenters. The number of nitrogens with zero attached hydrogens (tertiary/aromatic N) is 2. The van der Waals surface area contributed by atoms with Crippen molar-refractivity contribution in [2.45, 2.75) is 32.3 Å². The summed E-state index contributed by atoms with van der Waals surface area (Å²) in [5.41, 5.74) is 2.08. The van der Waals surface area contributed by atoms with Gasteiger partial charge in [0.2, 0.25) is 0 Å². The molecule has 0 N–H and O–H groups in total. The average molecular weight is 393 g/mol. The number of thioether (sulfide) groups is 1. The molecule has 2 aliphatic heterocycles. The summed E-state index contributed by atoms with van der Waals surface area (Å²) in [5.74, 6) is 0.655. The standard InChI is InChI=1S/C23H24N2O2S/c26-22-21(28-23(24-22)25-13-6-1-2-7-14-25)16-19-11-8-12-20(15-19)27-17-18-9-4-3-5-10-18/h3-5,8-12,15-16H,1-2,6-7,13-14,17H2/b21-16-. The van der Waals surface area contributed by atoms with Crippen LogP contribution in [0.5, 0.6) is 5.75 Å². The zero-order valence-corrected chi connectivity index (χ0v) is 16.7. The molecule has 0 bridgehead atoms. The van der Waals surface area contributed by atoms with Gasteiger partial charge in [0.05, 0.1) is 4.91 Å². The van der Waals surface area contributed by atoms with Gasteiger partial charge in [-0.2, -0.15) is 4.99 Å². The van der Waals surface area contributed by atoms with E-state index in [1.54, 1.807) is 0 Å². The van der Waals surface area contributed by atoms with Gasteiger partial charge in [-0.15, -0.1) is 0 Å². The van der Waals surface area contributed by atoms with Crippen molar-refractivity contribution >= 4 is 28.9 Å². The lowest BCUT2D eigenvalue weighted by Crippen LogP contribution is -2.28. The van der Waals surface area contributed by atoms with Gasteiger partial charge in [-0.3, -0.25) is 4.79 Å². The highest BCUT2D eigenvalue weighted by molar-refractivity contribution is 8.18. The van der Waals surface area contributed by atoms with Gasteiger partial charge in [0.1, 0.15) is 12.4 Å². The Morgan fingerprint density at radius 1 is 1.00 bits per heavy atom. The number of aliphatic imine (C=N–C) groups is 1. The van der Waals surface area contributed by atoms with E-state index >= 15 is 0 Å². The van der Waals surface area contributed by atoms with Crippen LogP contribution in [0.25, 0.3) is 6.08 Å².